The zero-order chi connectivity index (χ0) is 9.97. The molecule has 0 aliphatic carbocycles. The van der Waals surface area contributed by atoms with Crippen molar-refractivity contribution in [3.8, 4) is 0 Å². The Hall–Kier alpha value is -0.800. The highest BCUT2D eigenvalue weighted by Gasteiger charge is 2.17. The third-order valence-electron chi connectivity index (χ3n) is 2.88. The molecule has 0 bridgehead atoms. The lowest BCUT2D eigenvalue weighted by atomic mass is 10.1. The van der Waals surface area contributed by atoms with Crippen LogP contribution in [-0.4, -0.2) is 24.0 Å². The maximum Gasteiger partial charge on any atom is 0.120 e. The minimum atomic E-state index is 0.346. The largest absolute Gasteiger partial charge is 0.468 e. The number of nitrogens with two attached hydrogens (primary N) is 1. The van der Waals surface area contributed by atoms with E-state index in [-0.39, 0.29) is 0 Å². The molecule has 0 amide bonds. The third-order valence-corrected chi connectivity index (χ3v) is 2.88. The van der Waals surface area contributed by atoms with Crippen LogP contribution in [0.4, 0.5) is 0 Å². The van der Waals surface area contributed by atoms with Crippen molar-refractivity contribution in [3.63, 3.8) is 0 Å². The number of piperidine rings is 1. The highest BCUT2D eigenvalue weighted by atomic mass is 16.3. The van der Waals surface area contributed by atoms with E-state index in [9.17, 15) is 0 Å². The molecule has 1 atom stereocenters. The molecule has 14 heavy (non-hydrogen) atoms. The van der Waals surface area contributed by atoms with Crippen molar-refractivity contribution in [2.45, 2.75) is 32.4 Å². The number of likely N-dealkylation sites (tertiary alicyclic amines) is 1. The maximum absolute atomic E-state index is 5.92. The van der Waals surface area contributed by atoms with Crippen LogP contribution in [0.2, 0.25) is 0 Å². The van der Waals surface area contributed by atoms with E-state index in [1.165, 1.54) is 12.0 Å². The lowest BCUT2D eigenvalue weighted by molar-refractivity contribution is 0.187. The van der Waals surface area contributed by atoms with Crippen LogP contribution in [0.3, 0.4) is 0 Å². The van der Waals surface area contributed by atoms with E-state index >= 15 is 0 Å². The van der Waals surface area contributed by atoms with E-state index in [0.717, 1.165) is 31.8 Å². The molecule has 78 valence electrons. The fourth-order valence-electron chi connectivity index (χ4n) is 2.00. The van der Waals surface area contributed by atoms with E-state index in [1.54, 1.807) is 6.26 Å². The van der Waals surface area contributed by atoms with Gasteiger partial charge in [-0.2, -0.15) is 0 Å². The van der Waals surface area contributed by atoms with E-state index in [1.807, 2.05) is 6.07 Å². The molecule has 0 saturated carbocycles. The van der Waals surface area contributed by atoms with Crippen LogP contribution in [0, 0.1) is 6.92 Å². The average molecular weight is 194 g/mol. The first-order valence-electron chi connectivity index (χ1n) is 5.26. The Morgan fingerprint density at radius 1 is 1.64 bits per heavy atom. The Bertz CT molecular complexity index is 295. The number of aryl methyl sites for hydroxylation is 1. The number of hydrogen-bond acceptors (Lipinski definition) is 3. The first-order chi connectivity index (χ1) is 6.75. The van der Waals surface area contributed by atoms with Gasteiger partial charge in [0.25, 0.3) is 0 Å². The lowest BCUT2D eigenvalue weighted by Gasteiger charge is -2.29. The van der Waals surface area contributed by atoms with E-state index in [0.29, 0.717) is 6.04 Å². The number of hydrogen-bond donors (Lipinski definition) is 1. The molecule has 2 N–H and O–H groups in total. The van der Waals surface area contributed by atoms with Gasteiger partial charge in [-0.1, -0.05) is 0 Å². The summed E-state index contributed by atoms with van der Waals surface area (Å²) in [6.45, 7) is 5.14. The predicted octanol–water partition coefficient (Wildman–Crippen LogP) is 1.51. The minimum absolute atomic E-state index is 0.346. The molecule has 1 unspecified atom stereocenters. The summed E-state index contributed by atoms with van der Waals surface area (Å²) < 4.78 is 5.42. The summed E-state index contributed by atoms with van der Waals surface area (Å²) >= 11 is 0. The number of furan rings is 1. The summed E-state index contributed by atoms with van der Waals surface area (Å²) in [6.07, 6.45) is 4.13. The smallest absolute Gasteiger partial charge is 0.120 e. The highest BCUT2D eigenvalue weighted by molar-refractivity contribution is 5.14. The van der Waals surface area contributed by atoms with Crippen molar-refractivity contribution in [3.05, 3.63) is 23.7 Å². The van der Waals surface area contributed by atoms with E-state index < -0.39 is 0 Å². The Morgan fingerprint density at radius 2 is 2.50 bits per heavy atom. The van der Waals surface area contributed by atoms with Crippen LogP contribution < -0.4 is 5.73 Å². The van der Waals surface area contributed by atoms with Crippen LogP contribution in [-0.2, 0) is 6.54 Å². The fourth-order valence-corrected chi connectivity index (χ4v) is 2.00. The van der Waals surface area contributed by atoms with Crippen molar-refractivity contribution < 1.29 is 4.42 Å². The van der Waals surface area contributed by atoms with Gasteiger partial charge in [-0.15, -0.1) is 0 Å². The molecule has 1 aliphatic heterocycles. The van der Waals surface area contributed by atoms with Gasteiger partial charge >= 0.3 is 0 Å². The van der Waals surface area contributed by atoms with Gasteiger partial charge in [0.2, 0.25) is 0 Å². The molecule has 3 nitrogen and oxygen atoms in total. The highest BCUT2D eigenvalue weighted by Crippen LogP contribution is 2.15. The maximum atomic E-state index is 5.92. The Balaban J connectivity index is 1.94. The SMILES string of the molecule is Cc1ccoc1CN1CCCC(N)C1. The summed E-state index contributed by atoms with van der Waals surface area (Å²) in [7, 11) is 0. The molecular weight excluding hydrogens is 176 g/mol. The lowest BCUT2D eigenvalue weighted by Crippen LogP contribution is -2.42. The predicted molar refractivity (Wildman–Crippen MR) is 55.9 cm³/mol. The second-order valence-corrected chi connectivity index (χ2v) is 4.16. The van der Waals surface area contributed by atoms with Crippen molar-refractivity contribution in [2.75, 3.05) is 13.1 Å². The summed E-state index contributed by atoms with van der Waals surface area (Å²) in [4.78, 5) is 2.38. The zero-order valence-electron chi connectivity index (χ0n) is 8.70. The van der Waals surface area contributed by atoms with Crippen LogP contribution in [0.15, 0.2) is 16.7 Å². The van der Waals surface area contributed by atoms with Gasteiger partial charge in [0.1, 0.15) is 5.76 Å². The van der Waals surface area contributed by atoms with E-state index in [2.05, 4.69) is 11.8 Å². The molecular formula is C11H18N2O. The van der Waals surface area contributed by atoms with Gasteiger partial charge in [-0.05, 0) is 37.9 Å². The summed E-state index contributed by atoms with van der Waals surface area (Å²) in [5.74, 6) is 1.08. The summed E-state index contributed by atoms with van der Waals surface area (Å²) in [5, 5.41) is 0. The third kappa shape index (κ3) is 2.16. The zero-order valence-corrected chi connectivity index (χ0v) is 8.70. The van der Waals surface area contributed by atoms with Crippen LogP contribution in [0.1, 0.15) is 24.2 Å². The first-order valence-corrected chi connectivity index (χ1v) is 5.26. The molecule has 1 aliphatic rings. The van der Waals surface area contributed by atoms with Gasteiger partial charge in [-0.25, -0.2) is 0 Å². The molecule has 0 aromatic carbocycles. The topological polar surface area (TPSA) is 42.4 Å². The second kappa shape index (κ2) is 4.15. The second-order valence-electron chi connectivity index (χ2n) is 4.16. The molecule has 0 spiro atoms. The summed E-state index contributed by atoms with van der Waals surface area (Å²) in [6, 6.07) is 2.36. The average Bonchev–Trinajstić information content (AvgIpc) is 2.52. The summed E-state index contributed by atoms with van der Waals surface area (Å²) in [5.41, 5.74) is 7.16. The molecule has 1 aromatic rings. The van der Waals surface area contributed by atoms with Gasteiger partial charge in [0.15, 0.2) is 0 Å². The Labute approximate surface area is 84.9 Å². The minimum Gasteiger partial charge on any atom is -0.468 e. The van der Waals surface area contributed by atoms with Crippen molar-refractivity contribution in [1.82, 2.24) is 4.90 Å². The molecule has 1 fully saturated rings. The van der Waals surface area contributed by atoms with E-state index in [4.69, 9.17) is 10.2 Å². The Morgan fingerprint density at radius 3 is 3.14 bits per heavy atom. The van der Waals surface area contributed by atoms with Crippen LogP contribution in [0.25, 0.3) is 0 Å². The van der Waals surface area contributed by atoms with Crippen molar-refractivity contribution >= 4 is 0 Å². The van der Waals surface area contributed by atoms with Crippen LogP contribution >= 0.6 is 0 Å². The standard InChI is InChI=1S/C11H18N2O/c1-9-4-6-14-11(9)8-13-5-2-3-10(12)7-13/h4,6,10H,2-3,5,7-8,12H2,1H3. The first kappa shape index (κ1) is 9.74. The van der Waals surface area contributed by atoms with Crippen molar-refractivity contribution in [2.24, 2.45) is 5.73 Å². The quantitative estimate of drug-likeness (QED) is 0.776. The monoisotopic (exact) mass is 194 g/mol. The molecule has 3 heteroatoms. The molecule has 0 radical (unpaired) electrons. The van der Waals surface area contributed by atoms with Gasteiger partial charge < -0.3 is 10.2 Å². The van der Waals surface area contributed by atoms with Crippen molar-refractivity contribution in [1.29, 1.82) is 0 Å². The number of rotatable bonds is 2. The Kier molecular flexibility index (Phi) is 2.89. The normalized spacial score (nSPS) is 24.0. The van der Waals surface area contributed by atoms with Crippen LogP contribution in [0.5, 0.6) is 0 Å². The molecule has 1 saturated heterocycles. The van der Waals surface area contributed by atoms with Gasteiger partial charge in [0.05, 0.1) is 12.8 Å². The van der Waals surface area contributed by atoms with Gasteiger partial charge in [-0.3, -0.25) is 4.90 Å². The fraction of sp³-hybridized carbons (Fsp3) is 0.636. The number of nitrogens with zero attached hydrogens (tertiary/aromatic N) is 1. The molecule has 1 aromatic heterocycles. The van der Waals surface area contributed by atoms with Gasteiger partial charge in [0, 0.05) is 12.6 Å². The molecule has 2 heterocycles. The molecule has 2 rings (SSSR count).